The van der Waals surface area contributed by atoms with E-state index < -0.39 is 6.55 Å². The van der Waals surface area contributed by atoms with Gasteiger partial charge >= 0.3 is 6.55 Å². The topological polar surface area (TPSA) is 67.2 Å². The van der Waals surface area contributed by atoms with E-state index in [0.717, 1.165) is 54.4 Å². The van der Waals surface area contributed by atoms with E-state index in [1.165, 1.54) is 12.4 Å². The van der Waals surface area contributed by atoms with Crippen LogP contribution in [0, 0.1) is 0 Å². The van der Waals surface area contributed by atoms with Gasteiger partial charge < -0.3 is 19.7 Å². The van der Waals surface area contributed by atoms with Gasteiger partial charge in [0.2, 0.25) is 0 Å². The average molecular weight is 422 g/mol. The minimum Gasteiger partial charge on any atom is -0.497 e. The molecule has 0 spiro atoms. The van der Waals surface area contributed by atoms with Crippen molar-refractivity contribution in [1.29, 1.82) is 0 Å². The van der Waals surface area contributed by atoms with Gasteiger partial charge in [-0.05, 0) is 18.2 Å². The van der Waals surface area contributed by atoms with E-state index in [2.05, 4.69) is 25.1 Å². The van der Waals surface area contributed by atoms with E-state index >= 15 is 0 Å². The maximum atomic E-state index is 13.0. The van der Waals surface area contributed by atoms with Crippen molar-refractivity contribution in [2.24, 2.45) is 4.99 Å². The number of rotatable bonds is 7. The number of aliphatic imine (C=N–C) groups is 1. The quantitative estimate of drug-likeness (QED) is 0.545. The normalized spacial score (nSPS) is 15.5. The van der Waals surface area contributed by atoms with Gasteiger partial charge in [0.25, 0.3) is 0 Å². The summed E-state index contributed by atoms with van der Waals surface area (Å²) in [6.45, 7) is 1.56. The summed E-state index contributed by atoms with van der Waals surface area (Å²) in [6, 6.07) is 5.80. The highest BCUT2D eigenvalue weighted by Gasteiger charge is 2.21. The zero-order valence-electron chi connectivity index (χ0n) is 17.5. The van der Waals surface area contributed by atoms with Crippen LogP contribution < -0.4 is 14.8 Å². The van der Waals surface area contributed by atoms with Crippen LogP contribution in [0.3, 0.4) is 0 Å². The molecule has 0 saturated carbocycles. The summed E-state index contributed by atoms with van der Waals surface area (Å²) >= 11 is 0. The summed E-state index contributed by atoms with van der Waals surface area (Å²) < 4.78 is 37.6. The number of nitrogens with zero attached hydrogens (tertiary/aromatic N) is 5. The molecule has 0 amide bonds. The van der Waals surface area contributed by atoms with Gasteiger partial charge in [0.1, 0.15) is 17.3 Å². The smallest absolute Gasteiger partial charge is 0.319 e. The van der Waals surface area contributed by atoms with Crippen molar-refractivity contribution in [2.45, 2.75) is 19.6 Å². The molecule has 1 fully saturated rings. The van der Waals surface area contributed by atoms with Gasteiger partial charge in [0, 0.05) is 57.7 Å². The molecule has 164 valence electrons. The van der Waals surface area contributed by atoms with Gasteiger partial charge in [-0.15, -0.1) is 0 Å². The highest BCUT2D eigenvalue weighted by atomic mass is 19.3. The van der Waals surface area contributed by atoms with Crippen LogP contribution in [0.4, 0.5) is 8.78 Å². The Morgan fingerprint density at radius 2 is 1.97 bits per heavy atom. The number of nitrogens with one attached hydrogen (secondary N) is 1. The molecule has 1 aliphatic rings. The predicted octanol–water partition coefficient (Wildman–Crippen LogP) is 2.19. The van der Waals surface area contributed by atoms with E-state index in [1.807, 2.05) is 18.2 Å². The largest absolute Gasteiger partial charge is 0.497 e. The summed E-state index contributed by atoms with van der Waals surface area (Å²) in [4.78, 5) is 12.7. The highest BCUT2D eigenvalue weighted by molar-refractivity contribution is 5.79. The molecule has 0 bridgehead atoms. The number of piperazine rings is 1. The summed E-state index contributed by atoms with van der Waals surface area (Å²) in [5, 5.41) is 3.14. The SMILES string of the molecule is CN=C(NCc1nccn1C(F)F)N1CCN(Cc2cc(OC)ccc2OC)CC1. The number of halogens is 2. The zero-order valence-corrected chi connectivity index (χ0v) is 17.5. The van der Waals surface area contributed by atoms with Crippen molar-refractivity contribution in [2.75, 3.05) is 47.4 Å². The molecule has 0 unspecified atom stereocenters. The van der Waals surface area contributed by atoms with Crippen LogP contribution >= 0.6 is 0 Å². The molecular formula is C20H28F2N6O2. The molecule has 10 heteroatoms. The van der Waals surface area contributed by atoms with E-state index in [4.69, 9.17) is 9.47 Å². The first kappa shape index (κ1) is 21.8. The van der Waals surface area contributed by atoms with Gasteiger partial charge in [-0.3, -0.25) is 14.5 Å². The maximum absolute atomic E-state index is 13.0. The van der Waals surface area contributed by atoms with E-state index in [9.17, 15) is 8.78 Å². The molecule has 30 heavy (non-hydrogen) atoms. The van der Waals surface area contributed by atoms with Gasteiger partial charge in [-0.1, -0.05) is 0 Å². The lowest BCUT2D eigenvalue weighted by Crippen LogP contribution is -2.52. The Morgan fingerprint density at radius 3 is 2.60 bits per heavy atom. The first-order valence-electron chi connectivity index (χ1n) is 9.74. The molecule has 2 aromatic rings. The fourth-order valence-corrected chi connectivity index (χ4v) is 3.51. The summed E-state index contributed by atoms with van der Waals surface area (Å²) in [6.07, 6.45) is 2.65. The first-order chi connectivity index (χ1) is 14.5. The number of alkyl halides is 2. The number of hydrogen-bond donors (Lipinski definition) is 1. The monoisotopic (exact) mass is 422 g/mol. The van der Waals surface area contributed by atoms with Crippen LogP contribution in [-0.2, 0) is 13.1 Å². The summed E-state index contributed by atoms with van der Waals surface area (Å²) in [7, 11) is 5.00. The molecule has 2 heterocycles. The molecule has 8 nitrogen and oxygen atoms in total. The second-order valence-electron chi connectivity index (χ2n) is 6.87. The molecule has 0 radical (unpaired) electrons. The lowest BCUT2D eigenvalue weighted by molar-refractivity contribution is 0.0668. The van der Waals surface area contributed by atoms with Crippen LogP contribution in [0.15, 0.2) is 35.6 Å². The molecule has 1 aromatic heterocycles. The fourth-order valence-electron chi connectivity index (χ4n) is 3.51. The molecule has 1 aliphatic heterocycles. The third-order valence-electron chi connectivity index (χ3n) is 5.13. The third kappa shape index (κ3) is 5.18. The van der Waals surface area contributed by atoms with Crippen LogP contribution in [0.2, 0.25) is 0 Å². The number of aromatic nitrogens is 2. The number of methoxy groups -OCH3 is 2. The summed E-state index contributed by atoms with van der Waals surface area (Å²) in [5.74, 6) is 2.59. The van der Waals surface area contributed by atoms with Crippen molar-refractivity contribution in [3.8, 4) is 11.5 Å². The van der Waals surface area contributed by atoms with Crippen molar-refractivity contribution in [3.63, 3.8) is 0 Å². The molecule has 3 rings (SSSR count). The van der Waals surface area contributed by atoms with E-state index in [0.29, 0.717) is 5.96 Å². The Hall–Kier alpha value is -2.88. The number of ether oxygens (including phenoxy) is 2. The Labute approximate surface area is 175 Å². The van der Waals surface area contributed by atoms with Crippen molar-refractivity contribution < 1.29 is 18.3 Å². The number of benzene rings is 1. The van der Waals surface area contributed by atoms with Gasteiger partial charge in [-0.25, -0.2) is 4.98 Å². The lowest BCUT2D eigenvalue weighted by atomic mass is 10.1. The highest BCUT2D eigenvalue weighted by Crippen LogP contribution is 2.25. The Balaban J connectivity index is 1.55. The maximum Gasteiger partial charge on any atom is 0.319 e. The van der Waals surface area contributed by atoms with E-state index in [-0.39, 0.29) is 12.4 Å². The number of imidazole rings is 1. The third-order valence-corrected chi connectivity index (χ3v) is 5.13. The first-order valence-corrected chi connectivity index (χ1v) is 9.74. The predicted molar refractivity (Wildman–Crippen MR) is 110 cm³/mol. The van der Waals surface area contributed by atoms with E-state index in [1.54, 1.807) is 21.3 Å². The lowest BCUT2D eigenvalue weighted by Gasteiger charge is -2.36. The average Bonchev–Trinajstić information content (AvgIpc) is 3.24. The minimum atomic E-state index is -2.61. The minimum absolute atomic E-state index is 0.186. The van der Waals surface area contributed by atoms with Crippen molar-refractivity contribution >= 4 is 5.96 Å². The number of guanidine groups is 1. The van der Waals surface area contributed by atoms with Gasteiger partial charge in [0.05, 0.1) is 20.8 Å². The fraction of sp³-hybridized carbons (Fsp3) is 0.500. The Bertz CT molecular complexity index is 850. The van der Waals surface area contributed by atoms with Gasteiger partial charge in [-0.2, -0.15) is 8.78 Å². The van der Waals surface area contributed by atoms with Crippen molar-refractivity contribution in [3.05, 3.63) is 42.0 Å². The number of hydrogen-bond acceptors (Lipinski definition) is 5. The van der Waals surface area contributed by atoms with Gasteiger partial charge in [0.15, 0.2) is 5.96 Å². The summed E-state index contributed by atoms with van der Waals surface area (Å²) in [5.41, 5.74) is 1.08. The molecule has 0 atom stereocenters. The standard InChI is InChI=1S/C20H28F2N6O2/c1-23-20(25-13-18-24-6-7-28(18)19(21)22)27-10-8-26(9-11-27)14-15-12-16(29-2)4-5-17(15)30-3/h4-7,12,19H,8-11,13-14H2,1-3H3,(H,23,25). The zero-order chi connectivity index (χ0) is 21.5. The van der Waals surface area contributed by atoms with Crippen LogP contribution in [0.25, 0.3) is 0 Å². The van der Waals surface area contributed by atoms with Crippen LogP contribution in [0.1, 0.15) is 17.9 Å². The van der Waals surface area contributed by atoms with Crippen LogP contribution in [-0.4, -0.2) is 72.8 Å². The Kier molecular flexibility index (Phi) is 7.45. The second kappa shape index (κ2) is 10.2. The molecule has 1 aromatic carbocycles. The molecule has 0 aliphatic carbocycles. The Morgan fingerprint density at radius 1 is 1.20 bits per heavy atom. The van der Waals surface area contributed by atoms with Crippen LogP contribution in [0.5, 0.6) is 11.5 Å². The van der Waals surface area contributed by atoms with Crippen molar-refractivity contribution in [1.82, 2.24) is 24.7 Å². The second-order valence-corrected chi connectivity index (χ2v) is 6.87. The molecule has 1 saturated heterocycles. The molecule has 1 N–H and O–H groups in total. The molecular weight excluding hydrogens is 394 g/mol.